The van der Waals surface area contributed by atoms with Gasteiger partial charge in [0.2, 0.25) is 0 Å². The zero-order valence-electron chi connectivity index (χ0n) is 19.6. The maximum absolute atomic E-state index is 2.39. The molecule has 5 aromatic rings. The van der Waals surface area contributed by atoms with Crippen LogP contribution in [0.4, 0.5) is 0 Å². The first-order valence-corrected chi connectivity index (χ1v) is 14.1. The van der Waals surface area contributed by atoms with Crippen LogP contribution in [-0.2, 0) is 0 Å². The summed E-state index contributed by atoms with van der Waals surface area (Å²) in [6.07, 6.45) is 4.67. The number of allylic oxidation sites excluding steroid dienone is 1. The van der Waals surface area contributed by atoms with E-state index in [0.717, 1.165) is 5.32 Å². The Bertz CT molecular complexity index is 1340. The minimum absolute atomic E-state index is 0.383. The first kappa shape index (κ1) is 23.1. The van der Waals surface area contributed by atoms with Crippen LogP contribution in [0, 0.1) is 0 Å². The van der Waals surface area contributed by atoms with Crippen molar-refractivity contribution in [2.75, 3.05) is 0 Å². The van der Waals surface area contributed by atoms with Gasteiger partial charge in [0.15, 0.2) is 0 Å². The zero-order valence-corrected chi connectivity index (χ0v) is 21.3. The van der Waals surface area contributed by atoms with Gasteiger partial charge in [-0.05, 0) is 0 Å². The van der Waals surface area contributed by atoms with Crippen molar-refractivity contribution < 1.29 is 0 Å². The molecule has 0 heterocycles. The average Bonchev–Trinajstić information content (AvgIpc) is 2.95. The molecule has 0 spiro atoms. The number of rotatable bonds is 8. The molecule has 0 saturated carbocycles. The van der Waals surface area contributed by atoms with Gasteiger partial charge in [-0.3, -0.25) is 0 Å². The summed E-state index contributed by atoms with van der Waals surface area (Å²) in [6, 6.07) is 50.0. The average molecular weight is 516 g/mol. The van der Waals surface area contributed by atoms with E-state index in [1.54, 1.807) is 0 Å². The summed E-state index contributed by atoms with van der Waals surface area (Å²) in [4.78, 5) is 0. The predicted octanol–water partition coefficient (Wildman–Crippen LogP) is 8.27. The van der Waals surface area contributed by atoms with Crippen molar-refractivity contribution >= 4 is 25.5 Å². The summed E-state index contributed by atoms with van der Waals surface area (Å²) in [5.74, 6) is 0.383. The molecule has 0 aliphatic heterocycles. The van der Waals surface area contributed by atoms with E-state index >= 15 is 0 Å². The SMILES string of the molecule is C(=C\C(C[Se]c1ccccc1)c1ccc(-c2ccccc2)cc1)/c1ccc(-c2ccccc2)cc1. The van der Waals surface area contributed by atoms with Gasteiger partial charge >= 0.3 is 216 Å². The van der Waals surface area contributed by atoms with Crippen LogP contribution in [0.15, 0.2) is 146 Å². The third-order valence-electron chi connectivity index (χ3n) is 6.16. The molecule has 0 nitrogen and oxygen atoms in total. The van der Waals surface area contributed by atoms with Crippen LogP contribution >= 0.6 is 0 Å². The van der Waals surface area contributed by atoms with Crippen LogP contribution in [0.5, 0.6) is 0 Å². The summed E-state index contributed by atoms with van der Waals surface area (Å²) in [5.41, 5.74) is 7.65. The van der Waals surface area contributed by atoms with Gasteiger partial charge in [0.25, 0.3) is 0 Å². The molecule has 0 radical (unpaired) electrons. The zero-order chi connectivity index (χ0) is 23.7. The molecule has 0 aromatic heterocycles. The fourth-order valence-corrected chi connectivity index (χ4v) is 6.31. The molecule has 1 unspecified atom stereocenters. The summed E-state index contributed by atoms with van der Waals surface area (Å²) >= 11 is 0.422. The second kappa shape index (κ2) is 11.7. The molecule has 0 bridgehead atoms. The van der Waals surface area contributed by atoms with Crippen LogP contribution in [0.25, 0.3) is 28.3 Å². The van der Waals surface area contributed by atoms with Gasteiger partial charge in [-0.15, -0.1) is 0 Å². The Morgan fingerprint density at radius 2 is 0.943 bits per heavy atom. The molecular weight excluding hydrogens is 487 g/mol. The predicted molar refractivity (Wildman–Crippen MR) is 152 cm³/mol. The Labute approximate surface area is 215 Å². The monoisotopic (exact) mass is 516 g/mol. The molecule has 0 saturated heterocycles. The van der Waals surface area contributed by atoms with E-state index in [-0.39, 0.29) is 0 Å². The summed E-state index contributed by atoms with van der Waals surface area (Å²) in [6.45, 7) is 0. The van der Waals surface area contributed by atoms with Crippen LogP contribution in [0.2, 0.25) is 5.32 Å². The van der Waals surface area contributed by atoms with E-state index in [1.807, 2.05) is 0 Å². The van der Waals surface area contributed by atoms with Crippen molar-refractivity contribution in [2.24, 2.45) is 0 Å². The second-order valence-corrected chi connectivity index (χ2v) is 10.9. The third kappa shape index (κ3) is 6.28. The molecule has 5 aromatic carbocycles. The Hall–Kier alpha value is -3.64. The molecule has 0 fully saturated rings. The quantitative estimate of drug-likeness (QED) is 0.183. The van der Waals surface area contributed by atoms with Crippen molar-refractivity contribution in [3.8, 4) is 22.3 Å². The molecule has 170 valence electrons. The number of benzene rings is 5. The van der Waals surface area contributed by atoms with E-state index in [4.69, 9.17) is 0 Å². The molecule has 0 aliphatic rings. The first-order valence-electron chi connectivity index (χ1n) is 12.0. The van der Waals surface area contributed by atoms with E-state index in [1.165, 1.54) is 37.8 Å². The van der Waals surface area contributed by atoms with Crippen LogP contribution in [-0.4, -0.2) is 15.0 Å². The second-order valence-electron chi connectivity index (χ2n) is 8.57. The van der Waals surface area contributed by atoms with Gasteiger partial charge in [-0.1, -0.05) is 0 Å². The maximum atomic E-state index is 2.39. The van der Waals surface area contributed by atoms with Gasteiger partial charge in [-0.25, -0.2) is 0 Å². The fourth-order valence-electron chi connectivity index (χ4n) is 4.16. The van der Waals surface area contributed by atoms with Crippen LogP contribution in [0.1, 0.15) is 17.0 Å². The molecule has 0 N–H and O–H groups in total. The summed E-state index contributed by atoms with van der Waals surface area (Å²) < 4.78 is 1.45. The molecule has 35 heavy (non-hydrogen) atoms. The Kier molecular flexibility index (Phi) is 7.71. The standard InChI is InChI=1S/C34H28Se/c1-4-10-28(11-5-1)30-19-16-27(17-20-30)18-21-33(26-35-34-14-8-3-9-15-34)32-24-22-31(23-25-32)29-12-6-2-7-13-29/h1-25,33H,26H2/b21-18+. The van der Waals surface area contributed by atoms with Gasteiger partial charge < -0.3 is 0 Å². The molecule has 0 aliphatic carbocycles. The van der Waals surface area contributed by atoms with Crippen molar-refractivity contribution in [3.63, 3.8) is 0 Å². The third-order valence-corrected chi connectivity index (χ3v) is 8.53. The minimum atomic E-state index is 0.383. The fraction of sp³-hybridized carbons (Fsp3) is 0.0588. The summed E-state index contributed by atoms with van der Waals surface area (Å²) in [7, 11) is 0. The van der Waals surface area contributed by atoms with Gasteiger partial charge in [-0.2, -0.15) is 0 Å². The van der Waals surface area contributed by atoms with Crippen molar-refractivity contribution in [2.45, 2.75) is 11.2 Å². The normalized spacial score (nSPS) is 12.0. The molecule has 1 atom stereocenters. The van der Waals surface area contributed by atoms with E-state index in [0.29, 0.717) is 20.9 Å². The van der Waals surface area contributed by atoms with Crippen molar-refractivity contribution in [3.05, 3.63) is 157 Å². The molecule has 0 amide bonds. The van der Waals surface area contributed by atoms with Gasteiger partial charge in [0, 0.05) is 0 Å². The Balaban J connectivity index is 1.36. The van der Waals surface area contributed by atoms with E-state index < -0.39 is 0 Å². The summed E-state index contributed by atoms with van der Waals surface area (Å²) in [5, 5.41) is 1.14. The molecule has 5 rings (SSSR count). The Morgan fingerprint density at radius 3 is 1.49 bits per heavy atom. The molecular formula is C34H28Se. The first-order chi connectivity index (χ1) is 17.3. The van der Waals surface area contributed by atoms with E-state index in [9.17, 15) is 0 Å². The number of hydrogen-bond acceptors (Lipinski definition) is 0. The Morgan fingerprint density at radius 1 is 0.486 bits per heavy atom. The topological polar surface area (TPSA) is 0 Å². The van der Waals surface area contributed by atoms with Crippen molar-refractivity contribution in [1.29, 1.82) is 0 Å². The molecule has 1 heteroatoms. The van der Waals surface area contributed by atoms with Gasteiger partial charge in [0.1, 0.15) is 0 Å². The van der Waals surface area contributed by atoms with Gasteiger partial charge in [0.05, 0.1) is 0 Å². The van der Waals surface area contributed by atoms with E-state index in [2.05, 4.69) is 152 Å². The number of hydrogen-bond donors (Lipinski definition) is 0. The van der Waals surface area contributed by atoms with Crippen LogP contribution < -0.4 is 4.46 Å². The van der Waals surface area contributed by atoms with Crippen molar-refractivity contribution in [1.82, 2.24) is 0 Å². The van der Waals surface area contributed by atoms with Crippen LogP contribution in [0.3, 0.4) is 0 Å².